The molecule has 1 amide bonds. The van der Waals surface area contributed by atoms with Gasteiger partial charge in [-0.3, -0.25) is 4.79 Å². The molecule has 0 rings (SSSR count). The van der Waals surface area contributed by atoms with Gasteiger partial charge < -0.3 is 15.5 Å². The highest BCUT2D eigenvalue weighted by molar-refractivity contribution is 5.76. The van der Waals surface area contributed by atoms with E-state index in [9.17, 15) is 15.0 Å². The molecule has 75 heavy (non-hydrogen) atoms. The van der Waals surface area contributed by atoms with Crippen molar-refractivity contribution in [2.75, 3.05) is 6.61 Å². The molecule has 4 heteroatoms. The van der Waals surface area contributed by atoms with Crippen LogP contribution in [0.1, 0.15) is 354 Å². The summed E-state index contributed by atoms with van der Waals surface area (Å²) in [6.07, 6.45) is 95.1. The van der Waals surface area contributed by atoms with E-state index in [0.717, 1.165) is 64.2 Å². The third-order valence-electron chi connectivity index (χ3n) is 15.5. The van der Waals surface area contributed by atoms with Crippen molar-refractivity contribution in [2.24, 2.45) is 0 Å². The lowest BCUT2D eigenvalue weighted by Crippen LogP contribution is -2.45. The van der Waals surface area contributed by atoms with Crippen LogP contribution < -0.4 is 5.32 Å². The summed E-state index contributed by atoms with van der Waals surface area (Å²) in [5.41, 5.74) is 0. The maximum atomic E-state index is 12.6. The van der Waals surface area contributed by atoms with Crippen LogP contribution in [0.3, 0.4) is 0 Å². The van der Waals surface area contributed by atoms with Gasteiger partial charge in [-0.2, -0.15) is 0 Å². The summed E-state index contributed by atoms with van der Waals surface area (Å²) in [6, 6.07) is -0.539. The first-order valence-corrected chi connectivity index (χ1v) is 33.6. The number of allylic oxidation sites excluding steroid dienone is 12. The van der Waals surface area contributed by atoms with E-state index in [4.69, 9.17) is 0 Å². The summed E-state index contributed by atoms with van der Waals surface area (Å²) in [4.78, 5) is 12.6. The summed E-state index contributed by atoms with van der Waals surface area (Å²) in [6.45, 7) is 4.28. The number of carbonyl (C=O) groups excluding carboxylic acids is 1. The third kappa shape index (κ3) is 62.6. The zero-order chi connectivity index (χ0) is 54.1. The number of hydrogen-bond donors (Lipinski definition) is 3. The first kappa shape index (κ1) is 72.8. The summed E-state index contributed by atoms with van der Waals surface area (Å²) in [5, 5.41) is 23.5. The molecule has 0 aromatic heterocycles. The number of carbonyl (C=O) groups is 1. The Balaban J connectivity index is 3.43. The maximum absolute atomic E-state index is 12.6. The quantitative estimate of drug-likeness (QED) is 0.0420. The monoisotopic (exact) mass is 1050 g/mol. The topological polar surface area (TPSA) is 69.6 Å². The van der Waals surface area contributed by atoms with Gasteiger partial charge in [0.25, 0.3) is 0 Å². The SMILES string of the molecule is CC/C=C\C/C=C\C/C=C\C/C=C\C/C=C\C/C=C\CCCCCCCCCCCCCCCCCCCCC(=O)NC(CO)C(O)CCCCCCCCCCCCCCCCCCCCCCCCCCCC. The third-order valence-corrected chi connectivity index (χ3v) is 15.5. The van der Waals surface area contributed by atoms with E-state index < -0.39 is 12.1 Å². The van der Waals surface area contributed by atoms with Gasteiger partial charge in [0.1, 0.15) is 0 Å². The molecule has 0 radical (unpaired) electrons. The number of rotatable bonds is 62. The van der Waals surface area contributed by atoms with Crippen LogP contribution in [0, 0.1) is 0 Å². The van der Waals surface area contributed by atoms with Gasteiger partial charge in [-0.05, 0) is 64.2 Å². The predicted molar refractivity (Wildman–Crippen MR) is 336 cm³/mol. The van der Waals surface area contributed by atoms with E-state index in [0.29, 0.717) is 12.8 Å². The highest BCUT2D eigenvalue weighted by atomic mass is 16.3. The molecule has 0 aromatic rings. The van der Waals surface area contributed by atoms with Crippen molar-refractivity contribution in [3.05, 3.63) is 72.9 Å². The van der Waals surface area contributed by atoms with Gasteiger partial charge in [0.05, 0.1) is 18.8 Å². The molecule has 0 spiro atoms. The fraction of sp³-hybridized carbons (Fsp3) is 0.817. The lowest BCUT2D eigenvalue weighted by molar-refractivity contribution is -0.123. The Labute approximate surface area is 469 Å². The van der Waals surface area contributed by atoms with Crippen LogP contribution in [0.15, 0.2) is 72.9 Å². The van der Waals surface area contributed by atoms with Gasteiger partial charge in [0.2, 0.25) is 5.91 Å². The lowest BCUT2D eigenvalue weighted by atomic mass is 10.0. The summed E-state index contributed by atoms with van der Waals surface area (Å²) < 4.78 is 0. The molecule has 0 aliphatic carbocycles. The van der Waals surface area contributed by atoms with Gasteiger partial charge in [0.15, 0.2) is 0 Å². The lowest BCUT2D eigenvalue weighted by Gasteiger charge is -2.22. The molecule has 0 saturated heterocycles. The van der Waals surface area contributed by atoms with Crippen LogP contribution in [0.4, 0.5) is 0 Å². The smallest absolute Gasteiger partial charge is 0.220 e. The molecule has 0 bridgehead atoms. The Morgan fingerprint density at radius 3 is 0.880 bits per heavy atom. The summed E-state index contributed by atoms with van der Waals surface area (Å²) in [5.74, 6) is -0.0264. The minimum absolute atomic E-state index is 0.0264. The van der Waals surface area contributed by atoms with Crippen LogP contribution in [0.25, 0.3) is 0 Å². The van der Waals surface area contributed by atoms with Gasteiger partial charge >= 0.3 is 0 Å². The summed E-state index contributed by atoms with van der Waals surface area (Å²) >= 11 is 0. The van der Waals surface area contributed by atoms with Crippen molar-refractivity contribution < 1.29 is 15.0 Å². The fourth-order valence-electron chi connectivity index (χ4n) is 10.4. The molecule has 2 atom stereocenters. The number of aliphatic hydroxyl groups is 2. The number of unbranched alkanes of at least 4 members (excludes halogenated alkanes) is 43. The summed E-state index contributed by atoms with van der Waals surface area (Å²) in [7, 11) is 0. The average Bonchev–Trinajstić information content (AvgIpc) is 3.41. The fourth-order valence-corrected chi connectivity index (χ4v) is 10.4. The zero-order valence-corrected chi connectivity index (χ0v) is 50.6. The van der Waals surface area contributed by atoms with Crippen molar-refractivity contribution >= 4 is 5.91 Å². The molecule has 0 aliphatic heterocycles. The van der Waals surface area contributed by atoms with Crippen LogP contribution in [0.2, 0.25) is 0 Å². The van der Waals surface area contributed by atoms with E-state index in [2.05, 4.69) is 92.1 Å². The van der Waals surface area contributed by atoms with E-state index >= 15 is 0 Å². The number of hydrogen-bond acceptors (Lipinski definition) is 3. The number of amides is 1. The second-order valence-corrected chi connectivity index (χ2v) is 22.9. The van der Waals surface area contributed by atoms with E-state index in [1.807, 2.05) is 0 Å². The molecule has 0 saturated carbocycles. The van der Waals surface area contributed by atoms with Gasteiger partial charge in [-0.25, -0.2) is 0 Å². The van der Waals surface area contributed by atoms with Crippen LogP contribution in [0.5, 0.6) is 0 Å². The molecule has 438 valence electrons. The molecule has 0 heterocycles. The second-order valence-electron chi connectivity index (χ2n) is 22.9. The Kier molecular flexibility index (Phi) is 64.2. The predicted octanol–water partition coefficient (Wildman–Crippen LogP) is 22.9. The molecule has 2 unspecified atom stereocenters. The highest BCUT2D eigenvalue weighted by Crippen LogP contribution is 2.19. The van der Waals surface area contributed by atoms with Gasteiger partial charge in [-0.15, -0.1) is 0 Å². The Morgan fingerprint density at radius 2 is 0.587 bits per heavy atom. The molecule has 0 fully saturated rings. The van der Waals surface area contributed by atoms with Crippen molar-refractivity contribution in [3.8, 4) is 0 Å². The molecule has 0 aromatic carbocycles. The van der Waals surface area contributed by atoms with Crippen LogP contribution in [-0.2, 0) is 4.79 Å². The largest absolute Gasteiger partial charge is 0.394 e. The molecular formula is C71H131NO3. The van der Waals surface area contributed by atoms with E-state index in [1.165, 1.54) is 263 Å². The number of aliphatic hydroxyl groups excluding tert-OH is 2. The molecular weight excluding hydrogens is 915 g/mol. The minimum Gasteiger partial charge on any atom is -0.394 e. The normalized spacial score (nSPS) is 13.2. The van der Waals surface area contributed by atoms with Gasteiger partial charge in [-0.1, -0.05) is 356 Å². The zero-order valence-electron chi connectivity index (χ0n) is 50.6. The van der Waals surface area contributed by atoms with Crippen molar-refractivity contribution in [2.45, 2.75) is 366 Å². The Bertz CT molecular complexity index is 1280. The number of nitrogens with one attached hydrogen (secondary N) is 1. The van der Waals surface area contributed by atoms with Crippen LogP contribution in [-0.4, -0.2) is 34.9 Å². The minimum atomic E-state index is -0.662. The Morgan fingerprint density at radius 1 is 0.333 bits per heavy atom. The molecule has 4 nitrogen and oxygen atoms in total. The highest BCUT2D eigenvalue weighted by Gasteiger charge is 2.20. The van der Waals surface area contributed by atoms with E-state index in [1.54, 1.807) is 0 Å². The standard InChI is InChI=1S/C71H131NO3/c1-3-5-7-9-11-13-15-17-19-21-23-25-27-29-31-32-33-34-35-36-37-38-39-40-41-43-45-47-49-51-53-55-57-59-61-63-65-67-71(75)72-69(68-73)70(74)66-64-62-60-58-56-54-52-50-48-46-44-42-30-28-26-24-22-20-18-16-14-12-10-8-6-4-2/h5,7,11,13,17,19,23,25,29,31,33-34,69-70,73-74H,3-4,6,8-10,12,14-16,18,20-22,24,26-28,30,32,35-68H2,1-2H3,(H,72,75)/b7-5-,13-11-,19-17-,25-23-,31-29-,34-33-. The van der Waals surface area contributed by atoms with E-state index in [-0.39, 0.29) is 12.5 Å². The molecule has 0 aliphatic rings. The first-order valence-electron chi connectivity index (χ1n) is 33.6. The average molecular weight is 1050 g/mol. The Hall–Kier alpha value is -2.17. The van der Waals surface area contributed by atoms with Crippen molar-refractivity contribution in [1.82, 2.24) is 5.32 Å². The van der Waals surface area contributed by atoms with Crippen molar-refractivity contribution in [3.63, 3.8) is 0 Å². The first-order chi connectivity index (χ1) is 37.2. The van der Waals surface area contributed by atoms with Crippen molar-refractivity contribution in [1.29, 1.82) is 0 Å². The van der Waals surface area contributed by atoms with Gasteiger partial charge in [0, 0.05) is 6.42 Å². The maximum Gasteiger partial charge on any atom is 0.220 e. The second kappa shape index (κ2) is 66.1. The molecule has 3 N–H and O–H groups in total. The van der Waals surface area contributed by atoms with Crippen LogP contribution >= 0.6 is 0 Å².